The van der Waals surface area contributed by atoms with Gasteiger partial charge in [0.15, 0.2) is 5.92 Å². The van der Waals surface area contributed by atoms with E-state index in [0.717, 1.165) is 11.8 Å². The predicted molar refractivity (Wildman–Crippen MR) is 96.9 cm³/mol. The molecule has 30 heavy (non-hydrogen) atoms. The minimum atomic E-state index is -4.74. The zero-order valence-corrected chi connectivity index (χ0v) is 16.2. The number of aromatic nitrogens is 1. The molecule has 1 unspecified atom stereocenters. The number of carbonyl (C=O) groups excluding carboxylic acids is 2. The molecule has 0 saturated carbocycles. The standard InChI is InChI=1S/C19H20F3N5O3/c1-11(28)26-4-2-13(3-5-26)30-14-6-12-9-27(10-15(12)23-7-14)16-8-24-25-18(29)17(16)19(20,21)22/h6-8,13,17H,2-5,9-10H2,1H3. The highest BCUT2D eigenvalue weighted by molar-refractivity contribution is 5.83. The van der Waals surface area contributed by atoms with E-state index in [0.29, 0.717) is 37.4 Å². The van der Waals surface area contributed by atoms with Gasteiger partial charge in [0.1, 0.15) is 11.9 Å². The van der Waals surface area contributed by atoms with E-state index in [1.807, 2.05) is 0 Å². The number of piperidine rings is 1. The zero-order valence-electron chi connectivity index (χ0n) is 16.2. The second kappa shape index (κ2) is 7.69. The van der Waals surface area contributed by atoms with Crippen LogP contribution in [0.4, 0.5) is 13.2 Å². The van der Waals surface area contributed by atoms with E-state index >= 15 is 0 Å². The summed E-state index contributed by atoms with van der Waals surface area (Å²) in [6, 6.07) is 1.77. The monoisotopic (exact) mass is 423 g/mol. The van der Waals surface area contributed by atoms with Crippen LogP contribution in [0.3, 0.4) is 0 Å². The van der Waals surface area contributed by atoms with Crippen molar-refractivity contribution in [3.8, 4) is 5.75 Å². The summed E-state index contributed by atoms with van der Waals surface area (Å²) in [6.45, 7) is 3.11. The minimum absolute atomic E-state index is 0.0416. The normalized spacial score (nSPS) is 22.2. The number of alkyl halides is 3. The van der Waals surface area contributed by atoms with Crippen molar-refractivity contribution in [2.75, 3.05) is 13.1 Å². The Morgan fingerprint density at radius 2 is 1.97 bits per heavy atom. The van der Waals surface area contributed by atoms with Crippen molar-refractivity contribution in [2.45, 2.75) is 45.1 Å². The Morgan fingerprint density at radius 3 is 2.63 bits per heavy atom. The molecular weight excluding hydrogens is 403 g/mol. The first kappa shape index (κ1) is 20.3. The number of fused-ring (bicyclic) bond motifs is 1. The summed E-state index contributed by atoms with van der Waals surface area (Å²) in [4.78, 5) is 30.7. The van der Waals surface area contributed by atoms with Crippen LogP contribution in [-0.4, -0.2) is 52.0 Å². The molecule has 0 radical (unpaired) electrons. The number of nitrogens with zero attached hydrogens (tertiary/aromatic N) is 5. The molecule has 11 heteroatoms. The largest absolute Gasteiger partial charge is 0.489 e. The summed E-state index contributed by atoms with van der Waals surface area (Å²) >= 11 is 0. The van der Waals surface area contributed by atoms with E-state index in [-0.39, 0.29) is 30.8 Å². The van der Waals surface area contributed by atoms with Crippen LogP contribution in [0.1, 0.15) is 31.0 Å². The van der Waals surface area contributed by atoms with Crippen LogP contribution in [-0.2, 0) is 22.7 Å². The number of hydrogen-bond donors (Lipinski definition) is 0. The molecule has 1 aromatic rings. The van der Waals surface area contributed by atoms with Crippen molar-refractivity contribution < 1.29 is 27.5 Å². The van der Waals surface area contributed by atoms with Gasteiger partial charge in [0, 0.05) is 39.4 Å². The molecule has 0 spiro atoms. The van der Waals surface area contributed by atoms with Gasteiger partial charge in [-0.15, -0.1) is 5.11 Å². The summed E-state index contributed by atoms with van der Waals surface area (Å²) in [5, 5.41) is 6.47. The molecule has 1 fully saturated rings. The van der Waals surface area contributed by atoms with Gasteiger partial charge in [-0.1, -0.05) is 0 Å². The molecule has 1 atom stereocenters. The Hall–Kier alpha value is -2.98. The van der Waals surface area contributed by atoms with E-state index in [2.05, 4.69) is 15.2 Å². The zero-order chi connectivity index (χ0) is 21.5. The first-order chi connectivity index (χ1) is 14.2. The number of amides is 2. The Bertz CT molecular complexity index is 922. The lowest BCUT2D eigenvalue weighted by Gasteiger charge is -2.31. The van der Waals surface area contributed by atoms with Gasteiger partial charge < -0.3 is 14.5 Å². The number of likely N-dealkylation sites (tertiary alicyclic amines) is 1. The van der Waals surface area contributed by atoms with Gasteiger partial charge in [0.2, 0.25) is 5.91 Å². The molecule has 2 amide bonds. The summed E-state index contributed by atoms with van der Waals surface area (Å²) < 4.78 is 46.1. The second-order valence-electron chi connectivity index (χ2n) is 7.54. The molecule has 0 aromatic carbocycles. The van der Waals surface area contributed by atoms with E-state index in [1.165, 1.54) is 11.8 Å². The van der Waals surface area contributed by atoms with Crippen molar-refractivity contribution in [3.63, 3.8) is 0 Å². The number of carbonyl (C=O) groups is 2. The average Bonchev–Trinajstić information content (AvgIpc) is 3.10. The number of azo groups is 1. The van der Waals surface area contributed by atoms with Gasteiger partial charge in [-0.3, -0.25) is 14.6 Å². The van der Waals surface area contributed by atoms with Crippen molar-refractivity contribution in [3.05, 3.63) is 35.4 Å². The van der Waals surface area contributed by atoms with Crippen LogP contribution in [0, 0.1) is 5.92 Å². The van der Waals surface area contributed by atoms with Gasteiger partial charge in [0.05, 0.1) is 30.3 Å². The molecule has 8 nitrogen and oxygen atoms in total. The van der Waals surface area contributed by atoms with Crippen molar-refractivity contribution in [1.82, 2.24) is 14.8 Å². The van der Waals surface area contributed by atoms with E-state index in [1.54, 1.807) is 17.2 Å². The third kappa shape index (κ3) is 4.01. The third-order valence-corrected chi connectivity index (χ3v) is 5.51. The lowest BCUT2D eigenvalue weighted by molar-refractivity contribution is -0.177. The molecule has 3 aliphatic rings. The first-order valence-electron chi connectivity index (χ1n) is 9.59. The number of ether oxygens (including phenoxy) is 1. The fraction of sp³-hybridized carbons (Fsp3) is 0.526. The maximum absolute atomic E-state index is 13.4. The molecule has 1 saturated heterocycles. The van der Waals surface area contributed by atoms with Crippen LogP contribution in [0.2, 0.25) is 0 Å². The lowest BCUT2D eigenvalue weighted by Crippen LogP contribution is -2.40. The summed E-state index contributed by atoms with van der Waals surface area (Å²) in [5.74, 6) is -3.05. The second-order valence-corrected chi connectivity index (χ2v) is 7.54. The van der Waals surface area contributed by atoms with Gasteiger partial charge in [-0.05, 0) is 11.6 Å². The Balaban J connectivity index is 1.44. The van der Waals surface area contributed by atoms with E-state index < -0.39 is 18.0 Å². The van der Waals surface area contributed by atoms with Gasteiger partial charge in [0.25, 0.3) is 5.91 Å². The molecule has 160 valence electrons. The maximum atomic E-state index is 13.4. The van der Waals surface area contributed by atoms with Crippen molar-refractivity contribution >= 4 is 11.8 Å². The van der Waals surface area contributed by atoms with Crippen LogP contribution in [0.5, 0.6) is 5.75 Å². The van der Waals surface area contributed by atoms with Crippen LogP contribution in [0.25, 0.3) is 0 Å². The van der Waals surface area contributed by atoms with Gasteiger partial charge >= 0.3 is 6.18 Å². The molecule has 0 N–H and O–H groups in total. The fourth-order valence-corrected chi connectivity index (χ4v) is 3.94. The Labute approximate surface area is 170 Å². The Kier molecular flexibility index (Phi) is 5.20. The summed E-state index contributed by atoms with van der Waals surface area (Å²) in [5.41, 5.74) is 1.15. The fourth-order valence-electron chi connectivity index (χ4n) is 3.94. The first-order valence-corrected chi connectivity index (χ1v) is 9.59. The number of rotatable bonds is 3. The Morgan fingerprint density at radius 1 is 1.23 bits per heavy atom. The average molecular weight is 423 g/mol. The van der Waals surface area contributed by atoms with Crippen LogP contribution in [0.15, 0.2) is 34.4 Å². The van der Waals surface area contributed by atoms with Gasteiger partial charge in [-0.2, -0.15) is 18.3 Å². The number of hydrogen-bond acceptors (Lipinski definition) is 6. The molecule has 1 aromatic heterocycles. The topological polar surface area (TPSA) is 87.5 Å². The smallest absolute Gasteiger partial charge is 0.406 e. The van der Waals surface area contributed by atoms with Crippen molar-refractivity contribution in [1.29, 1.82) is 0 Å². The van der Waals surface area contributed by atoms with Crippen molar-refractivity contribution in [2.24, 2.45) is 16.1 Å². The number of halogens is 3. The summed E-state index contributed by atoms with van der Waals surface area (Å²) in [6.07, 6.45) is -0.835. The van der Waals surface area contributed by atoms with E-state index in [9.17, 15) is 22.8 Å². The summed E-state index contributed by atoms with van der Waals surface area (Å²) in [7, 11) is 0. The predicted octanol–water partition coefficient (Wildman–Crippen LogP) is 2.80. The molecule has 3 aliphatic heterocycles. The highest BCUT2D eigenvalue weighted by Gasteiger charge is 2.50. The maximum Gasteiger partial charge on any atom is 0.406 e. The highest BCUT2D eigenvalue weighted by Crippen LogP contribution is 2.39. The highest BCUT2D eigenvalue weighted by atomic mass is 19.4. The third-order valence-electron chi connectivity index (χ3n) is 5.51. The van der Waals surface area contributed by atoms with Crippen LogP contribution < -0.4 is 4.74 Å². The number of pyridine rings is 1. The molecule has 4 rings (SSSR count). The molecular formula is C19H20F3N5O3. The molecule has 0 aliphatic carbocycles. The van der Waals surface area contributed by atoms with E-state index in [4.69, 9.17) is 4.74 Å². The SMILES string of the molecule is CC(=O)N1CCC(Oc2cnc3c(c2)CN(C2=CN=NC(=O)C2C(F)(F)F)C3)CC1. The quantitative estimate of drug-likeness (QED) is 0.746. The molecule has 0 bridgehead atoms. The van der Waals surface area contributed by atoms with Gasteiger partial charge in [-0.25, -0.2) is 0 Å². The van der Waals surface area contributed by atoms with Crippen LogP contribution >= 0.6 is 0 Å². The minimum Gasteiger partial charge on any atom is -0.489 e. The molecule has 4 heterocycles. The lowest BCUT2D eigenvalue weighted by atomic mass is 10.0.